The molecular formula is C11H24N2O. The molecule has 0 aromatic carbocycles. The van der Waals surface area contributed by atoms with Gasteiger partial charge in [0.05, 0.1) is 5.60 Å². The van der Waals surface area contributed by atoms with E-state index in [0.29, 0.717) is 6.54 Å². The van der Waals surface area contributed by atoms with Crippen LogP contribution in [-0.4, -0.2) is 36.4 Å². The smallest absolute Gasteiger partial charge is 0.0895 e. The molecule has 3 N–H and O–H groups in total. The fraction of sp³-hybridized carbons (Fsp3) is 1.00. The van der Waals surface area contributed by atoms with E-state index in [9.17, 15) is 5.11 Å². The van der Waals surface area contributed by atoms with E-state index in [-0.39, 0.29) is 6.04 Å². The number of piperidine rings is 1. The molecule has 0 spiro atoms. The predicted octanol–water partition coefficient (Wildman–Crippen LogP) is 0.879. The van der Waals surface area contributed by atoms with Gasteiger partial charge < -0.3 is 15.7 Å². The number of rotatable bonds is 5. The average Bonchev–Trinajstić information content (AvgIpc) is 2.19. The van der Waals surface area contributed by atoms with Crippen LogP contribution >= 0.6 is 0 Å². The van der Waals surface area contributed by atoms with E-state index in [1.165, 1.54) is 12.8 Å². The largest absolute Gasteiger partial charge is 0.387 e. The molecule has 0 aliphatic carbocycles. The third-order valence-electron chi connectivity index (χ3n) is 2.97. The van der Waals surface area contributed by atoms with Gasteiger partial charge in [-0.15, -0.1) is 0 Å². The second-order valence-corrected chi connectivity index (χ2v) is 4.54. The van der Waals surface area contributed by atoms with Gasteiger partial charge in [-0.1, -0.05) is 13.3 Å². The second-order valence-electron chi connectivity index (χ2n) is 4.54. The third kappa shape index (κ3) is 3.56. The van der Waals surface area contributed by atoms with E-state index in [0.717, 1.165) is 25.9 Å². The van der Waals surface area contributed by atoms with Crippen LogP contribution in [0, 0.1) is 0 Å². The summed E-state index contributed by atoms with van der Waals surface area (Å²) in [6.45, 7) is 6.80. The molecule has 0 saturated carbocycles. The molecule has 2 atom stereocenters. The van der Waals surface area contributed by atoms with Gasteiger partial charge in [-0.2, -0.15) is 0 Å². The lowest BCUT2D eigenvalue weighted by Crippen LogP contribution is -2.55. The second kappa shape index (κ2) is 5.69. The maximum Gasteiger partial charge on any atom is 0.0895 e. The molecule has 0 radical (unpaired) electrons. The Balaban J connectivity index is 2.29. The highest BCUT2D eigenvalue weighted by Crippen LogP contribution is 2.18. The molecule has 1 aliphatic heterocycles. The highest BCUT2D eigenvalue weighted by molar-refractivity contribution is 4.91. The van der Waals surface area contributed by atoms with Crippen LogP contribution in [0.1, 0.15) is 39.5 Å². The lowest BCUT2D eigenvalue weighted by Gasteiger charge is -2.36. The monoisotopic (exact) mass is 200 g/mol. The Bertz CT molecular complexity index is 153. The van der Waals surface area contributed by atoms with Crippen LogP contribution in [0.15, 0.2) is 0 Å². The Labute approximate surface area is 87.3 Å². The summed E-state index contributed by atoms with van der Waals surface area (Å²) >= 11 is 0. The summed E-state index contributed by atoms with van der Waals surface area (Å²) in [7, 11) is 0. The minimum Gasteiger partial charge on any atom is -0.387 e. The summed E-state index contributed by atoms with van der Waals surface area (Å²) in [6, 6.07) is 0.264. The number of nitrogens with one attached hydrogen (secondary N) is 2. The van der Waals surface area contributed by atoms with Gasteiger partial charge in [0.1, 0.15) is 0 Å². The van der Waals surface area contributed by atoms with Gasteiger partial charge in [-0.3, -0.25) is 0 Å². The molecule has 0 bridgehead atoms. The van der Waals surface area contributed by atoms with Crippen molar-refractivity contribution in [3.05, 3.63) is 0 Å². The average molecular weight is 200 g/mol. The van der Waals surface area contributed by atoms with Gasteiger partial charge in [0.25, 0.3) is 0 Å². The Morgan fingerprint density at radius 1 is 1.50 bits per heavy atom. The summed E-state index contributed by atoms with van der Waals surface area (Å²) in [4.78, 5) is 0. The number of hydrogen-bond donors (Lipinski definition) is 3. The van der Waals surface area contributed by atoms with Crippen LogP contribution in [0.2, 0.25) is 0 Å². The molecule has 1 heterocycles. The van der Waals surface area contributed by atoms with Crippen LogP contribution in [0.25, 0.3) is 0 Å². The van der Waals surface area contributed by atoms with E-state index in [1.54, 1.807) is 0 Å². The Hall–Kier alpha value is -0.120. The maximum atomic E-state index is 10.2. The van der Waals surface area contributed by atoms with E-state index in [4.69, 9.17) is 0 Å². The highest BCUT2D eigenvalue weighted by Gasteiger charge is 2.31. The lowest BCUT2D eigenvalue weighted by molar-refractivity contribution is 0.0109. The van der Waals surface area contributed by atoms with Crippen LogP contribution < -0.4 is 10.6 Å². The molecule has 1 fully saturated rings. The minimum absolute atomic E-state index is 0.264. The molecule has 0 amide bonds. The standard InChI is InChI=1S/C11H24N2O/c1-3-7-12-9-11(2,14)10-6-4-5-8-13-10/h10,12-14H,3-9H2,1-2H3. The molecule has 1 rings (SSSR count). The Kier molecular flexibility index (Phi) is 4.85. The van der Waals surface area contributed by atoms with Crippen molar-refractivity contribution in [1.29, 1.82) is 0 Å². The zero-order chi connectivity index (χ0) is 10.4. The number of hydrogen-bond acceptors (Lipinski definition) is 3. The van der Waals surface area contributed by atoms with Crippen molar-refractivity contribution < 1.29 is 5.11 Å². The van der Waals surface area contributed by atoms with E-state index in [1.807, 2.05) is 6.92 Å². The van der Waals surface area contributed by atoms with E-state index in [2.05, 4.69) is 17.6 Å². The van der Waals surface area contributed by atoms with Crippen molar-refractivity contribution in [2.75, 3.05) is 19.6 Å². The first-order chi connectivity index (χ1) is 6.67. The van der Waals surface area contributed by atoms with E-state index < -0.39 is 5.60 Å². The molecule has 1 saturated heterocycles. The molecule has 2 unspecified atom stereocenters. The van der Waals surface area contributed by atoms with Crippen LogP contribution in [0.4, 0.5) is 0 Å². The van der Waals surface area contributed by atoms with Crippen molar-refractivity contribution in [2.24, 2.45) is 0 Å². The molecule has 84 valence electrons. The number of aliphatic hydroxyl groups is 1. The summed E-state index contributed by atoms with van der Waals surface area (Å²) in [6.07, 6.45) is 4.70. The van der Waals surface area contributed by atoms with Gasteiger partial charge in [-0.05, 0) is 39.3 Å². The Morgan fingerprint density at radius 2 is 2.29 bits per heavy atom. The van der Waals surface area contributed by atoms with Crippen molar-refractivity contribution in [3.8, 4) is 0 Å². The molecule has 1 aliphatic rings. The van der Waals surface area contributed by atoms with Gasteiger partial charge in [0.15, 0.2) is 0 Å². The van der Waals surface area contributed by atoms with Crippen molar-refractivity contribution >= 4 is 0 Å². The normalized spacial score (nSPS) is 27.2. The highest BCUT2D eigenvalue weighted by atomic mass is 16.3. The van der Waals surface area contributed by atoms with E-state index >= 15 is 0 Å². The van der Waals surface area contributed by atoms with Crippen LogP contribution in [0.3, 0.4) is 0 Å². The molecule has 0 aromatic heterocycles. The third-order valence-corrected chi connectivity index (χ3v) is 2.97. The maximum absolute atomic E-state index is 10.2. The topological polar surface area (TPSA) is 44.3 Å². The molecule has 3 heteroatoms. The summed E-state index contributed by atoms with van der Waals surface area (Å²) < 4.78 is 0. The first-order valence-corrected chi connectivity index (χ1v) is 5.83. The first kappa shape index (κ1) is 12.0. The predicted molar refractivity (Wildman–Crippen MR) is 59.4 cm³/mol. The SMILES string of the molecule is CCCNCC(C)(O)C1CCCCN1. The fourth-order valence-electron chi connectivity index (χ4n) is 2.02. The van der Waals surface area contributed by atoms with Crippen molar-refractivity contribution in [3.63, 3.8) is 0 Å². The molecular weight excluding hydrogens is 176 g/mol. The van der Waals surface area contributed by atoms with Crippen LogP contribution in [-0.2, 0) is 0 Å². The van der Waals surface area contributed by atoms with Gasteiger partial charge in [-0.25, -0.2) is 0 Å². The summed E-state index contributed by atoms with van der Waals surface area (Å²) in [5.74, 6) is 0. The zero-order valence-electron chi connectivity index (χ0n) is 9.47. The summed E-state index contributed by atoms with van der Waals surface area (Å²) in [5.41, 5.74) is -0.602. The minimum atomic E-state index is -0.602. The fourth-order valence-corrected chi connectivity index (χ4v) is 2.02. The quantitative estimate of drug-likeness (QED) is 0.577. The lowest BCUT2D eigenvalue weighted by atomic mass is 9.89. The zero-order valence-corrected chi connectivity index (χ0v) is 9.47. The molecule has 14 heavy (non-hydrogen) atoms. The summed E-state index contributed by atoms with van der Waals surface area (Å²) in [5, 5.41) is 16.9. The van der Waals surface area contributed by atoms with Gasteiger partial charge in [0.2, 0.25) is 0 Å². The van der Waals surface area contributed by atoms with Gasteiger partial charge in [0, 0.05) is 12.6 Å². The Morgan fingerprint density at radius 3 is 2.86 bits per heavy atom. The van der Waals surface area contributed by atoms with Crippen LogP contribution in [0.5, 0.6) is 0 Å². The van der Waals surface area contributed by atoms with Gasteiger partial charge >= 0.3 is 0 Å². The molecule has 0 aromatic rings. The first-order valence-electron chi connectivity index (χ1n) is 5.83. The van der Waals surface area contributed by atoms with Crippen molar-refractivity contribution in [2.45, 2.75) is 51.2 Å². The van der Waals surface area contributed by atoms with Crippen molar-refractivity contribution in [1.82, 2.24) is 10.6 Å². The molecule has 3 nitrogen and oxygen atoms in total.